The van der Waals surface area contributed by atoms with Crippen LogP contribution in [0.25, 0.3) is 10.9 Å². The Kier molecular flexibility index (Phi) is 4.52. The van der Waals surface area contributed by atoms with Gasteiger partial charge in [-0.15, -0.1) is 0 Å². The van der Waals surface area contributed by atoms with Crippen molar-refractivity contribution in [3.8, 4) is 0 Å². The molecule has 0 aliphatic heterocycles. The summed E-state index contributed by atoms with van der Waals surface area (Å²) in [5.41, 5.74) is 1.15. The molecule has 0 saturated heterocycles. The van der Waals surface area contributed by atoms with E-state index in [2.05, 4.69) is 4.72 Å². The van der Waals surface area contributed by atoms with E-state index < -0.39 is 16.0 Å². The van der Waals surface area contributed by atoms with Gasteiger partial charge < -0.3 is 9.94 Å². The molecule has 0 radical (unpaired) electrons. The van der Waals surface area contributed by atoms with Crippen LogP contribution in [-0.4, -0.2) is 21.5 Å². The van der Waals surface area contributed by atoms with Gasteiger partial charge in [-0.2, -0.15) is 4.73 Å². The summed E-state index contributed by atoms with van der Waals surface area (Å²) in [5, 5.41) is 12.6. The number of rotatable bonds is 4. The predicted molar refractivity (Wildman–Crippen MR) is 96.2 cm³/mol. The Balaban J connectivity index is 2.16. The zero-order chi connectivity index (χ0) is 18.9. The van der Waals surface area contributed by atoms with Gasteiger partial charge in [-0.1, -0.05) is 17.7 Å². The quantitative estimate of drug-likeness (QED) is 0.431. The fraction of sp³-hybridized carbons (Fsp3) is 0.111. The van der Waals surface area contributed by atoms with E-state index >= 15 is 0 Å². The summed E-state index contributed by atoms with van der Waals surface area (Å²) >= 11 is 0. The maximum atomic E-state index is 12.7. The molecule has 0 atom stereocenters. The second-order valence-corrected chi connectivity index (χ2v) is 7.39. The van der Waals surface area contributed by atoms with Crippen LogP contribution < -0.4 is 9.45 Å². The fourth-order valence-corrected chi connectivity index (χ4v) is 3.62. The van der Waals surface area contributed by atoms with Crippen molar-refractivity contribution in [2.45, 2.75) is 11.8 Å². The van der Waals surface area contributed by atoms with Crippen molar-refractivity contribution in [3.63, 3.8) is 0 Å². The summed E-state index contributed by atoms with van der Waals surface area (Å²) in [4.78, 5) is 11.9. The van der Waals surface area contributed by atoms with Crippen LogP contribution in [0.4, 0.5) is 5.69 Å². The first-order chi connectivity index (χ1) is 12.3. The number of hydrogen-bond acceptors (Lipinski definition) is 5. The lowest BCUT2D eigenvalue weighted by atomic mass is 10.1. The molecule has 3 rings (SSSR count). The first kappa shape index (κ1) is 17.7. The van der Waals surface area contributed by atoms with Gasteiger partial charge in [-0.25, -0.2) is 13.2 Å². The summed E-state index contributed by atoms with van der Waals surface area (Å²) in [6, 6.07) is 12.2. The number of nitrogens with one attached hydrogen (secondary N) is 1. The molecular weight excluding hydrogens is 356 g/mol. The highest BCUT2D eigenvalue weighted by Gasteiger charge is 2.21. The molecule has 0 fully saturated rings. The third-order valence-corrected chi connectivity index (χ3v) is 5.24. The van der Waals surface area contributed by atoms with Gasteiger partial charge >= 0.3 is 5.97 Å². The van der Waals surface area contributed by atoms with Crippen molar-refractivity contribution in [3.05, 3.63) is 71.1 Å². The standard InChI is InChI=1S/C18H16N2O5S/c1-12-5-7-15(8-6-12)26(23,24)19-16-11-14(18(21)25-2)10-13-4-3-9-20(22)17(13)16/h3-11,19H,1-2H3. The number of benzene rings is 2. The minimum atomic E-state index is -3.94. The minimum absolute atomic E-state index is 0.000856. The van der Waals surface area contributed by atoms with E-state index in [0.29, 0.717) is 10.1 Å². The Morgan fingerprint density at radius 3 is 2.50 bits per heavy atom. The third-order valence-electron chi connectivity index (χ3n) is 3.85. The number of aryl methyl sites for hydroxylation is 1. The monoisotopic (exact) mass is 372 g/mol. The third kappa shape index (κ3) is 3.31. The highest BCUT2D eigenvalue weighted by molar-refractivity contribution is 7.92. The molecular formula is C18H16N2O5S. The Labute approximate surface area is 150 Å². The number of carbonyl (C=O) groups is 1. The van der Waals surface area contributed by atoms with Gasteiger partial charge in [-0.3, -0.25) is 4.72 Å². The molecule has 0 aliphatic rings. The summed E-state index contributed by atoms with van der Waals surface area (Å²) in [6.45, 7) is 1.84. The molecule has 0 unspecified atom stereocenters. The van der Waals surface area contributed by atoms with E-state index in [1.54, 1.807) is 18.2 Å². The smallest absolute Gasteiger partial charge is 0.337 e. The van der Waals surface area contributed by atoms with Crippen molar-refractivity contribution in [1.82, 2.24) is 0 Å². The SMILES string of the molecule is COC(=O)c1cc(NS(=O)(=O)c2ccc(C)cc2)c2c(ccc[n+]2[O-])c1. The average Bonchev–Trinajstić information content (AvgIpc) is 2.60. The molecule has 8 heteroatoms. The lowest BCUT2D eigenvalue weighted by molar-refractivity contribution is -0.576. The van der Waals surface area contributed by atoms with Gasteiger partial charge in [0.1, 0.15) is 5.69 Å². The topological polar surface area (TPSA) is 99.4 Å². The summed E-state index contributed by atoms with van der Waals surface area (Å²) in [5.74, 6) is -0.635. The molecule has 1 heterocycles. The van der Waals surface area contributed by atoms with Crippen LogP contribution in [0, 0.1) is 12.1 Å². The van der Waals surface area contributed by atoms with Crippen LogP contribution in [0.5, 0.6) is 0 Å². The van der Waals surface area contributed by atoms with Crippen molar-refractivity contribution in [2.75, 3.05) is 11.8 Å². The van der Waals surface area contributed by atoms with Crippen molar-refractivity contribution < 1.29 is 22.7 Å². The lowest BCUT2D eigenvalue weighted by Crippen LogP contribution is -2.28. The lowest BCUT2D eigenvalue weighted by Gasteiger charge is -2.12. The molecule has 0 spiro atoms. The second kappa shape index (κ2) is 6.64. The molecule has 0 bridgehead atoms. The van der Waals surface area contributed by atoms with E-state index in [0.717, 1.165) is 5.56 Å². The predicted octanol–water partition coefficient (Wildman–Crippen LogP) is 2.37. The number of hydrogen-bond donors (Lipinski definition) is 1. The number of anilines is 1. The van der Waals surface area contributed by atoms with Crippen LogP contribution in [0.2, 0.25) is 0 Å². The van der Waals surface area contributed by atoms with Gasteiger partial charge in [-0.05, 0) is 37.3 Å². The molecule has 26 heavy (non-hydrogen) atoms. The molecule has 0 amide bonds. The van der Waals surface area contributed by atoms with Crippen LogP contribution >= 0.6 is 0 Å². The highest BCUT2D eigenvalue weighted by atomic mass is 32.2. The first-order valence-electron chi connectivity index (χ1n) is 7.65. The number of nitrogens with zero attached hydrogens (tertiary/aromatic N) is 1. The molecule has 134 valence electrons. The van der Waals surface area contributed by atoms with E-state index in [-0.39, 0.29) is 21.7 Å². The second-order valence-electron chi connectivity index (χ2n) is 5.71. The molecule has 2 aromatic carbocycles. The molecule has 0 aliphatic carbocycles. The van der Waals surface area contributed by atoms with Gasteiger partial charge in [0.2, 0.25) is 5.52 Å². The number of methoxy groups -OCH3 is 1. The zero-order valence-corrected chi connectivity index (χ0v) is 14.9. The number of aromatic nitrogens is 1. The van der Waals surface area contributed by atoms with Crippen molar-refractivity contribution >= 4 is 32.6 Å². The average molecular weight is 372 g/mol. The van der Waals surface area contributed by atoms with E-state index in [9.17, 15) is 18.4 Å². The molecule has 0 saturated carbocycles. The minimum Gasteiger partial charge on any atom is -0.618 e. The van der Waals surface area contributed by atoms with E-state index in [1.165, 1.54) is 43.6 Å². The Hall–Kier alpha value is -3.13. The van der Waals surface area contributed by atoms with Crippen LogP contribution in [-0.2, 0) is 14.8 Å². The zero-order valence-electron chi connectivity index (χ0n) is 14.1. The number of ether oxygens (including phenoxy) is 1. The van der Waals surface area contributed by atoms with E-state index in [4.69, 9.17) is 4.74 Å². The van der Waals surface area contributed by atoms with Gasteiger partial charge in [0.25, 0.3) is 10.0 Å². The van der Waals surface area contributed by atoms with Gasteiger partial charge in [0.05, 0.1) is 23.0 Å². The highest BCUT2D eigenvalue weighted by Crippen LogP contribution is 2.26. The maximum absolute atomic E-state index is 12.7. The van der Waals surface area contributed by atoms with Crippen LogP contribution in [0.1, 0.15) is 15.9 Å². The number of pyridine rings is 1. The normalized spacial score (nSPS) is 11.3. The molecule has 7 nitrogen and oxygen atoms in total. The number of sulfonamides is 1. The molecule has 1 aromatic heterocycles. The summed E-state index contributed by atoms with van der Waals surface area (Å²) in [6.07, 6.45) is 1.25. The van der Waals surface area contributed by atoms with E-state index in [1.807, 2.05) is 6.92 Å². The van der Waals surface area contributed by atoms with Crippen LogP contribution in [0.3, 0.4) is 0 Å². The van der Waals surface area contributed by atoms with Crippen molar-refractivity contribution in [1.29, 1.82) is 0 Å². The Bertz CT molecular complexity index is 1090. The first-order valence-corrected chi connectivity index (χ1v) is 9.14. The maximum Gasteiger partial charge on any atom is 0.337 e. The van der Waals surface area contributed by atoms with Crippen molar-refractivity contribution in [2.24, 2.45) is 0 Å². The Morgan fingerprint density at radius 1 is 1.15 bits per heavy atom. The number of esters is 1. The summed E-state index contributed by atoms with van der Waals surface area (Å²) < 4.78 is 33.0. The van der Waals surface area contributed by atoms with Crippen LogP contribution in [0.15, 0.2) is 59.6 Å². The number of fused-ring (bicyclic) bond motifs is 1. The Morgan fingerprint density at radius 2 is 1.85 bits per heavy atom. The largest absolute Gasteiger partial charge is 0.618 e. The molecule has 1 N–H and O–H groups in total. The summed E-state index contributed by atoms with van der Waals surface area (Å²) in [7, 11) is -2.72. The fourth-order valence-electron chi connectivity index (χ4n) is 2.56. The van der Waals surface area contributed by atoms with Gasteiger partial charge in [0, 0.05) is 6.07 Å². The van der Waals surface area contributed by atoms with Gasteiger partial charge in [0.15, 0.2) is 6.20 Å². The molecule has 3 aromatic rings. The number of carbonyl (C=O) groups excluding carboxylic acids is 1.